The zero-order valence-electron chi connectivity index (χ0n) is 14.3. The second kappa shape index (κ2) is 8.70. The number of piperidine rings is 1. The lowest BCUT2D eigenvalue weighted by atomic mass is 9.90. The molecule has 1 aliphatic heterocycles. The number of benzene rings is 1. The van der Waals surface area contributed by atoms with Crippen LogP contribution in [0.25, 0.3) is 0 Å². The molecule has 1 atom stereocenters. The van der Waals surface area contributed by atoms with Crippen LogP contribution in [0, 0.1) is 5.92 Å². The first-order valence-electron chi connectivity index (χ1n) is 8.69. The van der Waals surface area contributed by atoms with E-state index in [0.29, 0.717) is 5.92 Å². The monoisotopic (exact) mass is 316 g/mol. The van der Waals surface area contributed by atoms with Crippen LogP contribution >= 0.6 is 0 Å². The Balaban J connectivity index is 1.73. The van der Waals surface area contributed by atoms with Gasteiger partial charge in [-0.05, 0) is 44.1 Å². The molecule has 1 unspecified atom stereocenters. The van der Waals surface area contributed by atoms with Gasteiger partial charge >= 0.3 is 0 Å². The number of carbonyl (C=O) groups excluding carboxylic acids is 2. The normalized spacial score (nSPS) is 16.9. The zero-order valence-corrected chi connectivity index (χ0v) is 14.3. The molecule has 23 heavy (non-hydrogen) atoms. The van der Waals surface area contributed by atoms with Crippen molar-refractivity contribution in [3.05, 3.63) is 35.9 Å². The average molecular weight is 316 g/mol. The molecule has 0 saturated carbocycles. The van der Waals surface area contributed by atoms with E-state index in [1.54, 1.807) is 0 Å². The smallest absolute Gasteiger partial charge is 0.232 e. The van der Waals surface area contributed by atoms with Gasteiger partial charge in [-0.25, -0.2) is 0 Å². The minimum Gasteiger partial charge on any atom is -0.353 e. The molecule has 1 heterocycles. The van der Waals surface area contributed by atoms with E-state index < -0.39 is 0 Å². The molecule has 2 amide bonds. The number of hydrogen-bond donors (Lipinski definition) is 1. The Morgan fingerprint density at radius 3 is 2.48 bits per heavy atom. The van der Waals surface area contributed by atoms with E-state index in [9.17, 15) is 9.59 Å². The Bertz CT molecular complexity index is 507. The van der Waals surface area contributed by atoms with Crippen LogP contribution in [0.4, 0.5) is 0 Å². The Hall–Kier alpha value is -1.84. The van der Waals surface area contributed by atoms with E-state index in [2.05, 4.69) is 29.6 Å². The van der Waals surface area contributed by atoms with Crippen LogP contribution < -0.4 is 5.32 Å². The van der Waals surface area contributed by atoms with Crippen LogP contribution in [0.5, 0.6) is 0 Å². The molecule has 0 aromatic heterocycles. The standard InChI is InChI=1S/C19H28N2O2/c1-3-15(2)20-18(22)14-19(23)21-11-9-17(10-12-21)13-16-7-5-4-6-8-16/h4-8,15,17H,3,9-14H2,1-2H3,(H,20,22). The third-order valence-electron chi connectivity index (χ3n) is 4.67. The lowest BCUT2D eigenvalue weighted by Gasteiger charge is -2.32. The predicted octanol–water partition coefficient (Wildman–Crippen LogP) is 2.77. The van der Waals surface area contributed by atoms with Crippen molar-refractivity contribution in [2.75, 3.05) is 13.1 Å². The first-order chi connectivity index (χ1) is 11.1. The van der Waals surface area contributed by atoms with Crippen LogP contribution in [0.2, 0.25) is 0 Å². The summed E-state index contributed by atoms with van der Waals surface area (Å²) >= 11 is 0. The van der Waals surface area contributed by atoms with Crippen LogP contribution in [0.15, 0.2) is 30.3 Å². The summed E-state index contributed by atoms with van der Waals surface area (Å²) in [5, 5.41) is 2.85. The van der Waals surface area contributed by atoms with E-state index in [1.807, 2.05) is 24.8 Å². The molecule has 1 N–H and O–H groups in total. The molecule has 1 fully saturated rings. The van der Waals surface area contributed by atoms with Gasteiger partial charge in [0.1, 0.15) is 6.42 Å². The summed E-state index contributed by atoms with van der Waals surface area (Å²) in [6.45, 7) is 5.52. The van der Waals surface area contributed by atoms with Gasteiger partial charge in [0.05, 0.1) is 0 Å². The Labute approximate surface area is 139 Å². The van der Waals surface area contributed by atoms with Crippen molar-refractivity contribution >= 4 is 11.8 Å². The van der Waals surface area contributed by atoms with Crippen LogP contribution in [0.3, 0.4) is 0 Å². The van der Waals surface area contributed by atoms with Crippen LogP contribution in [-0.4, -0.2) is 35.8 Å². The van der Waals surface area contributed by atoms with Crippen molar-refractivity contribution in [1.29, 1.82) is 0 Å². The highest BCUT2D eigenvalue weighted by Gasteiger charge is 2.24. The minimum atomic E-state index is -0.157. The van der Waals surface area contributed by atoms with E-state index in [1.165, 1.54) is 5.56 Å². The fourth-order valence-electron chi connectivity index (χ4n) is 3.01. The fourth-order valence-corrected chi connectivity index (χ4v) is 3.01. The van der Waals surface area contributed by atoms with Crippen LogP contribution in [0.1, 0.15) is 45.1 Å². The SMILES string of the molecule is CCC(C)NC(=O)CC(=O)N1CCC(Cc2ccccc2)CC1. The Morgan fingerprint density at radius 1 is 1.22 bits per heavy atom. The van der Waals surface area contributed by atoms with Gasteiger partial charge in [-0.2, -0.15) is 0 Å². The maximum absolute atomic E-state index is 12.2. The molecule has 2 rings (SSSR count). The summed E-state index contributed by atoms with van der Waals surface area (Å²) in [5.41, 5.74) is 1.37. The fraction of sp³-hybridized carbons (Fsp3) is 0.579. The van der Waals surface area contributed by atoms with E-state index >= 15 is 0 Å². The second-order valence-electron chi connectivity index (χ2n) is 6.57. The summed E-state index contributed by atoms with van der Waals surface area (Å²) in [6.07, 6.45) is 3.98. The number of nitrogens with one attached hydrogen (secondary N) is 1. The van der Waals surface area contributed by atoms with Crippen molar-refractivity contribution in [2.24, 2.45) is 5.92 Å². The molecule has 0 bridgehead atoms. The number of rotatable bonds is 6. The minimum absolute atomic E-state index is 0.0201. The van der Waals surface area contributed by atoms with Gasteiger partial charge in [0, 0.05) is 19.1 Å². The maximum Gasteiger partial charge on any atom is 0.232 e. The number of carbonyl (C=O) groups is 2. The summed E-state index contributed by atoms with van der Waals surface area (Å²) in [7, 11) is 0. The lowest BCUT2D eigenvalue weighted by Crippen LogP contribution is -2.42. The maximum atomic E-state index is 12.2. The van der Waals surface area contributed by atoms with Crippen molar-refractivity contribution in [2.45, 2.75) is 52.0 Å². The van der Waals surface area contributed by atoms with Gasteiger partial charge < -0.3 is 10.2 Å². The molecular weight excluding hydrogens is 288 g/mol. The summed E-state index contributed by atoms with van der Waals surface area (Å²) < 4.78 is 0. The van der Waals surface area contributed by atoms with Crippen molar-refractivity contribution in [1.82, 2.24) is 10.2 Å². The molecular formula is C19H28N2O2. The largest absolute Gasteiger partial charge is 0.353 e. The highest BCUT2D eigenvalue weighted by atomic mass is 16.2. The summed E-state index contributed by atoms with van der Waals surface area (Å²) in [5.74, 6) is 0.440. The van der Waals surface area contributed by atoms with Crippen molar-refractivity contribution in [3.8, 4) is 0 Å². The summed E-state index contributed by atoms with van der Waals surface area (Å²) in [4.78, 5) is 25.9. The van der Waals surface area contributed by atoms with E-state index in [0.717, 1.165) is 38.8 Å². The third-order valence-corrected chi connectivity index (χ3v) is 4.67. The molecule has 0 aliphatic carbocycles. The molecule has 1 saturated heterocycles. The molecule has 4 heteroatoms. The van der Waals surface area contributed by atoms with E-state index in [-0.39, 0.29) is 24.3 Å². The summed E-state index contributed by atoms with van der Waals surface area (Å²) in [6, 6.07) is 10.6. The van der Waals surface area contributed by atoms with Gasteiger partial charge in [0.2, 0.25) is 11.8 Å². The van der Waals surface area contributed by atoms with Crippen molar-refractivity contribution < 1.29 is 9.59 Å². The van der Waals surface area contributed by atoms with Gasteiger partial charge in [0.25, 0.3) is 0 Å². The van der Waals surface area contributed by atoms with E-state index in [4.69, 9.17) is 0 Å². The number of amides is 2. The van der Waals surface area contributed by atoms with Gasteiger partial charge in [-0.1, -0.05) is 37.3 Å². The molecule has 0 spiro atoms. The highest BCUT2D eigenvalue weighted by molar-refractivity contribution is 5.97. The number of nitrogens with zero attached hydrogens (tertiary/aromatic N) is 1. The zero-order chi connectivity index (χ0) is 16.7. The molecule has 126 valence electrons. The molecule has 4 nitrogen and oxygen atoms in total. The third kappa shape index (κ3) is 5.70. The lowest BCUT2D eigenvalue weighted by molar-refractivity contribution is -0.137. The molecule has 1 aliphatic rings. The second-order valence-corrected chi connectivity index (χ2v) is 6.57. The number of hydrogen-bond acceptors (Lipinski definition) is 2. The van der Waals surface area contributed by atoms with Crippen molar-refractivity contribution in [3.63, 3.8) is 0 Å². The highest BCUT2D eigenvalue weighted by Crippen LogP contribution is 2.22. The quantitative estimate of drug-likeness (QED) is 0.821. The number of likely N-dealkylation sites (tertiary alicyclic amines) is 1. The van der Waals surface area contributed by atoms with Gasteiger partial charge in [0.15, 0.2) is 0 Å². The predicted molar refractivity (Wildman–Crippen MR) is 92.0 cm³/mol. The Kier molecular flexibility index (Phi) is 6.63. The first kappa shape index (κ1) is 17.5. The van der Waals surface area contributed by atoms with Crippen LogP contribution in [-0.2, 0) is 16.0 Å². The van der Waals surface area contributed by atoms with Gasteiger partial charge in [-0.3, -0.25) is 9.59 Å². The first-order valence-corrected chi connectivity index (χ1v) is 8.69. The topological polar surface area (TPSA) is 49.4 Å². The molecule has 1 aromatic rings. The molecule has 1 aromatic carbocycles. The average Bonchev–Trinajstić information content (AvgIpc) is 2.56. The molecule has 0 radical (unpaired) electrons. The Morgan fingerprint density at radius 2 is 1.87 bits per heavy atom. The van der Waals surface area contributed by atoms with Gasteiger partial charge in [-0.15, -0.1) is 0 Å².